The molecule has 3 aromatic rings. The molecule has 0 saturated heterocycles. The number of sulfonamides is 1. The maximum absolute atomic E-state index is 13.5. The number of carbonyl (C=O) groups is 1. The van der Waals surface area contributed by atoms with Crippen molar-refractivity contribution in [2.75, 3.05) is 23.1 Å². The Balaban J connectivity index is 1.67. The maximum Gasteiger partial charge on any atom is 0.264 e. The lowest BCUT2D eigenvalue weighted by molar-refractivity contribution is -0.119. The van der Waals surface area contributed by atoms with E-state index in [1.54, 1.807) is 48.2 Å². The highest BCUT2D eigenvalue weighted by Gasteiger charge is 2.27. The van der Waals surface area contributed by atoms with E-state index in [4.69, 9.17) is 11.6 Å². The van der Waals surface area contributed by atoms with E-state index in [2.05, 4.69) is 19.2 Å². The molecule has 0 heterocycles. The molecule has 1 amide bonds. The molecule has 0 aromatic heterocycles. The molecule has 35 heavy (non-hydrogen) atoms. The van der Waals surface area contributed by atoms with Crippen LogP contribution in [0.2, 0.25) is 5.02 Å². The van der Waals surface area contributed by atoms with Crippen LogP contribution in [-0.2, 0) is 20.6 Å². The second kappa shape index (κ2) is 12.5. The lowest BCUT2D eigenvalue weighted by atomic mass is 10.0. The van der Waals surface area contributed by atoms with Crippen LogP contribution in [0, 0.1) is 6.92 Å². The fraction of sp³-hybridized carbons (Fsp3) is 0.296. The normalized spacial score (nSPS) is 11.5. The standard InChI is InChI=1S/C27H31ClN2O3S2/c1-20(2)23-9-11-25(12-10-23)30(35(32,33)26-13-7-21(3)8-14-26)18-27(31)29-15-16-34-19-22-5-4-6-24(28)17-22/h4-14,17,20H,15-16,18-19H2,1-3H3,(H,29,31). The van der Waals surface area contributed by atoms with Crippen LogP contribution in [0.5, 0.6) is 0 Å². The van der Waals surface area contributed by atoms with Gasteiger partial charge in [-0.05, 0) is 60.4 Å². The van der Waals surface area contributed by atoms with E-state index in [1.807, 2.05) is 43.3 Å². The summed E-state index contributed by atoms with van der Waals surface area (Å²) in [6, 6.07) is 21.7. The largest absolute Gasteiger partial charge is 0.354 e. The Labute approximate surface area is 217 Å². The van der Waals surface area contributed by atoms with E-state index in [0.717, 1.165) is 22.4 Å². The lowest BCUT2D eigenvalue weighted by Gasteiger charge is -2.24. The molecule has 0 aliphatic heterocycles. The van der Waals surface area contributed by atoms with Crippen LogP contribution < -0.4 is 9.62 Å². The second-order valence-electron chi connectivity index (χ2n) is 8.60. The number of aryl methyl sites for hydroxylation is 1. The van der Waals surface area contributed by atoms with Gasteiger partial charge in [-0.3, -0.25) is 9.10 Å². The molecular weight excluding hydrogens is 500 g/mol. The van der Waals surface area contributed by atoms with Gasteiger partial charge in [0, 0.05) is 23.1 Å². The van der Waals surface area contributed by atoms with Gasteiger partial charge in [0.1, 0.15) is 6.54 Å². The third-order valence-electron chi connectivity index (χ3n) is 5.47. The summed E-state index contributed by atoms with van der Waals surface area (Å²) in [5.41, 5.74) is 3.64. The highest BCUT2D eigenvalue weighted by Crippen LogP contribution is 2.26. The Bertz CT molecular complexity index is 1230. The second-order valence-corrected chi connectivity index (χ2v) is 12.0. The van der Waals surface area contributed by atoms with E-state index in [0.29, 0.717) is 28.9 Å². The number of anilines is 1. The summed E-state index contributed by atoms with van der Waals surface area (Å²) >= 11 is 7.69. The van der Waals surface area contributed by atoms with Crippen molar-refractivity contribution in [2.24, 2.45) is 0 Å². The lowest BCUT2D eigenvalue weighted by Crippen LogP contribution is -2.41. The predicted octanol–water partition coefficient (Wildman–Crippen LogP) is 6.02. The number of halogens is 1. The number of amides is 1. The molecule has 0 saturated carbocycles. The fourth-order valence-electron chi connectivity index (χ4n) is 3.44. The van der Waals surface area contributed by atoms with Crippen LogP contribution in [-0.4, -0.2) is 33.2 Å². The van der Waals surface area contributed by atoms with Crippen molar-refractivity contribution < 1.29 is 13.2 Å². The van der Waals surface area contributed by atoms with Gasteiger partial charge < -0.3 is 5.32 Å². The van der Waals surface area contributed by atoms with Gasteiger partial charge in [0.25, 0.3) is 10.0 Å². The molecule has 5 nitrogen and oxygen atoms in total. The Kier molecular flexibility index (Phi) is 9.66. The minimum atomic E-state index is -3.92. The van der Waals surface area contributed by atoms with Gasteiger partial charge in [-0.2, -0.15) is 11.8 Å². The van der Waals surface area contributed by atoms with Crippen LogP contribution in [0.4, 0.5) is 5.69 Å². The van der Waals surface area contributed by atoms with E-state index in [-0.39, 0.29) is 17.3 Å². The number of rotatable bonds is 11. The van der Waals surface area contributed by atoms with Crippen molar-refractivity contribution in [1.82, 2.24) is 5.32 Å². The Hall–Kier alpha value is -2.48. The molecule has 8 heteroatoms. The third-order valence-corrected chi connectivity index (χ3v) is 8.52. The highest BCUT2D eigenvalue weighted by atomic mass is 35.5. The number of nitrogens with one attached hydrogen (secondary N) is 1. The summed E-state index contributed by atoms with van der Waals surface area (Å²) in [6.45, 7) is 6.20. The van der Waals surface area contributed by atoms with Crippen molar-refractivity contribution in [3.8, 4) is 0 Å². The number of hydrogen-bond donors (Lipinski definition) is 1. The SMILES string of the molecule is Cc1ccc(S(=O)(=O)N(CC(=O)NCCSCc2cccc(Cl)c2)c2ccc(C(C)C)cc2)cc1. The number of hydrogen-bond acceptors (Lipinski definition) is 4. The van der Waals surface area contributed by atoms with Crippen molar-refractivity contribution in [2.45, 2.75) is 37.3 Å². The average molecular weight is 531 g/mol. The Morgan fingerprint density at radius 2 is 1.71 bits per heavy atom. The summed E-state index contributed by atoms with van der Waals surface area (Å²) in [7, 11) is -3.92. The van der Waals surface area contributed by atoms with Crippen LogP contribution in [0.15, 0.2) is 77.7 Å². The first-order valence-electron chi connectivity index (χ1n) is 11.4. The molecule has 1 N–H and O–H groups in total. The number of carbonyl (C=O) groups excluding carboxylic acids is 1. The quantitative estimate of drug-likeness (QED) is 0.308. The molecule has 186 valence electrons. The minimum Gasteiger partial charge on any atom is -0.354 e. The van der Waals surface area contributed by atoms with Crippen molar-refractivity contribution >= 4 is 45.0 Å². The van der Waals surface area contributed by atoms with Gasteiger partial charge in [0.05, 0.1) is 10.6 Å². The van der Waals surface area contributed by atoms with Gasteiger partial charge in [-0.15, -0.1) is 0 Å². The van der Waals surface area contributed by atoms with Crippen molar-refractivity contribution in [3.05, 3.63) is 94.5 Å². The molecule has 0 aliphatic carbocycles. The van der Waals surface area contributed by atoms with Crippen LogP contribution in [0.25, 0.3) is 0 Å². The molecular formula is C27H31ClN2O3S2. The zero-order valence-corrected chi connectivity index (χ0v) is 22.6. The molecule has 3 rings (SSSR count). The summed E-state index contributed by atoms with van der Waals surface area (Å²) in [5.74, 6) is 1.45. The average Bonchev–Trinajstić information content (AvgIpc) is 2.82. The van der Waals surface area contributed by atoms with Crippen molar-refractivity contribution in [1.29, 1.82) is 0 Å². The van der Waals surface area contributed by atoms with E-state index in [1.165, 1.54) is 4.31 Å². The first-order chi connectivity index (χ1) is 16.7. The highest BCUT2D eigenvalue weighted by molar-refractivity contribution is 7.98. The molecule has 0 unspecified atom stereocenters. The van der Waals surface area contributed by atoms with Gasteiger partial charge in [0.15, 0.2) is 0 Å². The molecule has 0 aliphatic rings. The van der Waals surface area contributed by atoms with Crippen molar-refractivity contribution in [3.63, 3.8) is 0 Å². The van der Waals surface area contributed by atoms with Gasteiger partial charge >= 0.3 is 0 Å². The maximum atomic E-state index is 13.5. The van der Waals surface area contributed by atoms with E-state index >= 15 is 0 Å². The van der Waals surface area contributed by atoms with E-state index in [9.17, 15) is 13.2 Å². The zero-order valence-electron chi connectivity index (χ0n) is 20.2. The smallest absolute Gasteiger partial charge is 0.264 e. The number of thioether (sulfide) groups is 1. The number of benzene rings is 3. The molecule has 0 spiro atoms. The predicted molar refractivity (Wildman–Crippen MR) is 147 cm³/mol. The Morgan fingerprint density at radius 3 is 2.34 bits per heavy atom. The van der Waals surface area contributed by atoms with Crippen LogP contribution in [0.3, 0.4) is 0 Å². The summed E-state index contributed by atoms with van der Waals surface area (Å²) < 4.78 is 28.2. The van der Waals surface area contributed by atoms with E-state index < -0.39 is 10.0 Å². The fourth-order valence-corrected chi connectivity index (χ4v) is 5.88. The molecule has 0 atom stereocenters. The summed E-state index contributed by atoms with van der Waals surface area (Å²) in [4.78, 5) is 12.9. The first-order valence-corrected chi connectivity index (χ1v) is 14.4. The molecule has 0 fully saturated rings. The molecule has 0 bridgehead atoms. The van der Waals surface area contributed by atoms with Crippen LogP contribution in [0.1, 0.15) is 36.5 Å². The number of nitrogens with zero attached hydrogens (tertiary/aromatic N) is 1. The summed E-state index contributed by atoms with van der Waals surface area (Å²) in [6.07, 6.45) is 0. The third kappa shape index (κ3) is 7.75. The molecule has 3 aromatic carbocycles. The molecule has 0 radical (unpaired) electrons. The van der Waals surface area contributed by atoms with Gasteiger partial charge in [-0.1, -0.05) is 67.4 Å². The van der Waals surface area contributed by atoms with Gasteiger partial charge in [-0.25, -0.2) is 8.42 Å². The zero-order chi connectivity index (χ0) is 25.4. The first kappa shape index (κ1) is 27.1. The summed E-state index contributed by atoms with van der Waals surface area (Å²) in [5, 5.41) is 3.55. The topological polar surface area (TPSA) is 66.5 Å². The van der Waals surface area contributed by atoms with Crippen LogP contribution >= 0.6 is 23.4 Å². The monoisotopic (exact) mass is 530 g/mol. The van der Waals surface area contributed by atoms with Gasteiger partial charge in [0.2, 0.25) is 5.91 Å². The Morgan fingerprint density at radius 1 is 1.03 bits per heavy atom. The minimum absolute atomic E-state index is 0.154.